The zero-order valence-corrected chi connectivity index (χ0v) is 6.88. The van der Waals surface area contributed by atoms with Crippen LogP contribution in [0, 0.1) is 0 Å². The molecule has 0 amide bonds. The first-order chi connectivity index (χ1) is 4.77. The van der Waals surface area contributed by atoms with Gasteiger partial charge in [-0.25, -0.2) is 0 Å². The van der Waals surface area contributed by atoms with E-state index in [1.165, 1.54) is 0 Å². The molecule has 0 bridgehead atoms. The molecule has 1 heterocycles. The molecule has 0 aromatic carbocycles. The van der Waals surface area contributed by atoms with E-state index in [0.29, 0.717) is 6.61 Å². The molecule has 0 radical (unpaired) electrons. The van der Waals surface area contributed by atoms with Crippen molar-refractivity contribution in [3.63, 3.8) is 0 Å². The van der Waals surface area contributed by atoms with Gasteiger partial charge in [0, 0.05) is 11.6 Å². The Bertz CT molecular complexity index is 190. The Hall–Kier alpha value is -0.330. The van der Waals surface area contributed by atoms with Crippen LogP contribution in [0.25, 0.3) is 0 Å². The normalized spacial score (nSPS) is 20.1. The molecule has 0 spiro atoms. The molecule has 0 aliphatic carbocycles. The molecule has 0 saturated carbocycles. The second-order valence-corrected chi connectivity index (χ2v) is 4.31. The minimum Gasteiger partial charge on any atom is -0.323 e. The third kappa shape index (κ3) is 1.83. The molecule has 0 unspecified atom stereocenters. The smallest absolute Gasteiger partial charge is 0.247 e. The van der Waals surface area contributed by atoms with Crippen molar-refractivity contribution in [2.45, 2.75) is 13.3 Å². The van der Waals surface area contributed by atoms with Gasteiger partial charge in [-0.1, -0.05) is 19.1 Å². The molecule has 0 fully saturated rings. The van der Waals surface area contributed by atoms with E-state index in [1.807, 2.05) is 6.92 Å². The quantitative estimate of drug-likeness (QED) is 0.590. The van der Waals surface area contributed by atoms with E-state index < -0.39 is 7.37 Å². The van der Waals surface area contributed by atoms with E-state index in [-0.39, 0.29) is 0 Å². The zero-order chi connectivity index (χ0) is 7.45. The fraction of sp³-hybridized carbons (Fsp3) is 0.429. The van der Waals surface area contributed by atoms with Gasteiger partial charge >= 0.3 is 0 Å². The molecule has 0 atom stereocenters. The monoisotopic (exact) mass is 158 g/mol. The van der Waals surface area contributed by atoms with Gasteiger partial charge in [-0.2, -0.15) is 0 Å². The van der Waals surface area contributed by atoms with Gasteiger partial charge in [0.15, 0.2) is 0 Å². The summed E-state index contributed by atoms with van der Waals surface area (Å²) in [5, 5.41) is 0. The summed E-state index contributed by atoms with van der Waals surface area (Å²) in [5.74, 6) is 3.26. The molecule has 0 saturated heterocycles. The summed E-state index contributed by atoms with van der Waals surface area (Å²) in [4.78, 5) is 0. The predicted molar refractivity (Wildman–Crippen MR) is 42.1 cm³/mol. The maximum atomic E-state index is 11.4. The van der Waals surface area contributed by atoms with Crippen molar-refractivity contribution in [3.8, 4) is 0 Å². The van der Waals surface area contributed by atoms with Crippen LogP contribution < -0.4 is 0 Å². The molecule has 1 rings (SSSR count). The van der Waals surface area contributed by atoms with E-state index in [0.717, 1.165) is 6.42 Å². The number of allylic oxidation sites excluding steroid dienone is 2. The van der Waals surface area contributed by atoms with Crippen LogP contribution in [0.2, 0.25) is 0 Å². The van der Waals surface area contributed by atoms with Crippen LogP contribution in [0.4, 0.5) is 0 Å². The van der Waals surface area contributed by atoms with E-state index in [9.17, 15) is 4.57 Å². The molecule has 1 aliphatic rings. The third-order valence-corrected chi connectivity index (χ3v) is 2.96. The number of hydrogen-bond acceptors (Lipinski definition) is 2. The van der Waals surface area contributed by atoms with E-state index >= 15 is 0 Å². The Kier molecular flexibility index (Phi) is 2.47. The van der Waals surface area contributed by atoms with Gasteiger partial charge in [0.2, 0.25) is 7.37 Å². The van der Waals surface area contributed by atoms with Crippen molar-refractivity contribution >= 4 is 7.37 Å². The van der Waals surface area contributed by atoms with Crippen molar-refractivity contribution in [1.29, 1.82) is 0 Å². The first kappa shape index (κ1) is 7.77. The van der Waals surface area contributed by atoms with Crippen LogP contribution >= 0.6 is 7.37 Å². The molecular formula is C7H11O2P. The van der Waals surface area contributed by atoms with Gasteiger partial charge in [0.05, 0.1) is 6.61 Å². The summed E-state index contributed by atoms with van der Waals surface area (Å²) in [6.07, 6.45) is 4.43. The fourth-order valence-electron chi connectivity index (χ4n) is 0.709. The number of hydrogen-bond donors (Lipinski definition) is 0. The van der Waals surface area contributed by atoms with E-state index in [4.69, 9.17) is 4.52 Å². The van der Waals surface area contributed by atoms with Gasteiger partial charge in [-0.05, 0) is 6.42 Å². The third-order valence-electron chi connectivity index (χ3n) is 1.20. The average Bonchev–Trinajstić information content (AvgIpc) is 2.33. The lowest BCUT2D eigenvalue weighted by Crippen LogP contribution is -1.85. The fourth-order valence-corrected chi connectivity index (χ4v) is 2.13. The molecule has 1 aliphatic heterocycles. The minimum absolute atomic E-state index is 0.575. The van der Waals surface area contributed by atoms with E-state index in [2.05, 4.69) is 0 Å². The average molecular weight is 158 g/mol. The highest BCUT2D eigenvalue weighted by Gasteiger charge is 2.16. The molecule has 56 valence electrons. The highest BCUT2D eigenvalue weighted by molar-refractivity contribution is 7.65. The minimum atomic E-state index is -2.45. The molecule has 2 nitrogen and oxygen atoms in total. The first-order valence-electron chi connectivity index (χ1n) is 3.38. The second kappa shape index (κ2) is 3.18. The van der Waals surface area contributed by atoms with Crippen LogP contribution in [-0.4, -0.2) is 6.61 Å². The van der Waals surface area contributed by atoms with Crippen LogP contribution in [-0.2, 0) is 9.09 Å². The van der Waals surface area contributed by atoms with Crippen molar-refractivity contribution in [1.82, 2.24) is 0 Å². The predicted octanol–water partition coefficient (Wildman–Crippen LogP) is 2.73. The Morgan fingerprint density at radius 3 is 2.50 bits per heavy atom. The maximum absolute atomic E-state index is 11.4. The van der Waals surface area contributed by atoms with Crippen LogP contribution in [0.1, 0.15) is 13.3 Å². The van der Waals surface area contributed by atoms with Crippen molar-refractivity contribution in [2.24, 2.45) is 0 Å². The second-order valence-electron chi connectivity index (χ2n) is 2.16. The molecule has 0 aromatic rings. The zero-order valence-electron chi connectivity index (χ0n) is 5.99. The molecule has 0 N–H and O–H groups in total. The molecule has 3 heteroatoms. The SMILES string of the molecule is CCCOP1(=O)C=CC=C1. The maximum Gasteiger partial charge on any atom is 0.247 e. The van der Waals surface area contributed by atoms with Crippen LogP contribution in [0.15, 0.2) is 23.8 Å². The Labute approximate surface area is 61.0 Å². The lowest BCUT2D eigenvalue weighted by Gasteiger charge is -2.05. The summed E-state index contributed by atoms with van der Waals surface area (Å²) in [7, 11) is -2.45. The summed E-state index contributed by atoms with van der Waals surface area (Å²) in [6, 6.07) is 0. The van der Waals surface area contributed by atoms with Gasteiger partial charge in [-0.15, -0.1) is 0 Å². The van der Waals surface area contributed by atoms with Crippen molar-refractivity contribution in [3.05, 3.63) is 23.8 Å². The Morgan fingerprint density at radius 2 is 2.00 bits per heavy atom. The molecule has 10 heavy (non-hydrogen) atoms. The van der Waals surface area contributed by atoms with Gasteiger partial charge in [0.1, 0.15) is 0 Å². The Balaban J connectivity index is 2.46. The molecular weight excluding hydrogens is 147 g/mol. The number of rotatable bonds is 3. The van der Waals surface area contributed by atoms with Gasteiger partial charge in [-0.3, -0.25) is 4.57 Å². The highest BCUT2D eigenvalue weighted by atomic mass is 31.2. The summed E-state index contributed by atoms with van der Waals surface area (Å²) in [6.45, 7) is 2.57. The summed E-state index contributed by atoms with van der Waals surface area (Å²) < 4.78 is 16.5. The lowest BCUT2D eigenvalue weighted by molar-refractivity contribution is 0.325. The lowest BCUT2D eigenvalue weighted by atomic mass is 10.5. The summed E-state index contributed by atoms with van der Waals surface area (Å²) in [5.41, 5.74) is 0. The van der Waals surface area contributed by atoms with Crippen LogP contribution in [0.3, 0.4) is 0 Å². The standard InChI is InChI=1S/C7H11O2P/c1-2-5-9-10(8)6-3-4-7-10/h3-4,6-7H,2,5H2,1H3. The van der Waals surface area contributed by atoms with E-state index in [1.54, 1.807) is 23.8 Å². The summed E-state index contributed by atoms with van der Waals surface area (Å²) >= 11 is 0. The van der Waals surface area contributed by atoms with Gasteiger partial charge in [0.25, 0.3) is 0 Å². The van der Waals surface area contributed by atoms with Gasteiger partial charge < -0.3 is 4.52 Å². The van der Waals surface area contributed by atoms with Crippen molar-refractivity contribution < 1.29 is 9.09 Å². The highest BCUT2D eigenvalue weighted by Crippen LogP contribution is 2.52. The molecule has 0 aromatic heterocycles. The van der Waals surface area contributed by atoms with Crippen molar-refractivity contribution in [2.75, 3.05) is 6.61 Å². The first-order valence-corrected chi connectivity index (χ1v) is 5.14. The van der Waals surface area contributed by atoms with Crippen LogP contribution in [0.5, 0.6) is 0 Å². The largest absolute Gasteiger partial charge is 0.323 e. The Morgan fingerprint density at radius 1 is 1.40 bits per heavy atom. The topological polar surface area (TPSA) is 26.3 Å².